The minimum atomic E-state index is -2.73. The van der Waals surface area contributed by atoms with E-state index in [1.807, 2.05) is 4.90 Å². The lowest BCUT2D eigenvalue weighted by molar-refractivity contribution is -0.151. The molecular formula is C27H39F2N5O7. The lowest BCUT2D eigenvalue weighted by Gasteiger charge is -2.43. The maximum absolute atomic E-state index is 14.0. The molecule has 0 spiro atoms. The van der Waals surface area contributed by atoms with Crippen molar-refractivity contribution in [1.29, 1.82) is 0 Å². The lowest BCUT2D eigenvalue weighted by Crippen LogP contribution is -2.64. The summed E-state index contributed by atoms with van der Waals surface area (Å²) in [5, 5.41) is 26.7. The van der Waals surface area contributed by atoms with Crippen LogP contribution in [0.15, 0.2) is 0 Å². The van der Waals surface area contributed by atoms with Crippen molar-refractivity contribution in [3.8, 4) is 0 Å². The molecule has 41 heavy (non-hydrogen) atoms. The molecule has 4 N–H and O–H groups in total. The van der Waals surface area contributed by atoms with Gasteiger partial charge in [0.15, 0.2) is 0 Å². The Bertz CT molecular complexity index is 1070. The Morgan fingerprint density at radius 2 is 1.66 bits per heavy atom. The van der Waals surface area contributed by atoms with Gasteiger partial charge in [0, 0.05) is 57.0 Å². The standard InChI is InChI=1S/C27H39F2N5O7/c28-27(29)5-3-16(4-6-27)34-12-15-9-17(34)26(40)32-7-8-33(25(39)14-1-2-14)18(13-32)24(38)30-11-20-23(37)22(36)19(41-20)10-21(35)31-15/h14-20,22-23,36-37H,1-13H2,(H,30,38)(H,31,35)/t15-,17-,18-,19-,20+,22-,23+/m0/s1. The normalized spacial score (nSPS) is 39.0. The van der Waals surface area contributed by atoms with Crippen LogP contribution in [0.25, 0.3) is 0 Å². The van der Waals surface area contributed by atoms with Crippen LogP contribution in [-0.4, -0.2) is 136 Å². The van der Waals surface area contributed by atoms with Crippen molar-refractivity contribution in [2.75, 3.05) is 32.7 Å². The third-order valence-electron chi connectivity index (χ3n) is 9.67. The zero-order valence-corrected chi connectivity index (χ0v) is 22.9. The largest absolute Gasteiger partial charge is 0.388 e. The summed E-state index contributed by atoms with van der Waals surface area (Å²) in [6, 6.07) is -2.28. The Morgan fingerprint density at radius 1 is 0.951 bits per heavy atom. The molecule has 0 aromatic rings. The van der Waals surface area contributed by atoms with Gasteiger partial charge in [0.25, 0.3) is 0 Å². The van der Waals surface area contributed by atoms with Crippen molar-refractivity contribution in [2.45, 2.75) is 106 Å². The van der Waals surface area contributed by atoms with Crippen LogP contribution in [0.5, 0.6) is 0 Å². The molecule has 6 aliphatic rings. The van der Waals surface area contributed by atoms with E-state index in [0.717, 1.165) is 12.8 Å². The zero-order chi connectivity index (χ0) is 29.1. The van der Waals surface area contributed by atoms with E-state index >= 15 is 0 Å². The van der Waals surface area contributed by atoms with Crippen LogP contribution in [0, 0.1) is 5.92 Å². The predicted octanol–water partition coefficient (Wildman–Crippen LogP) is -1.42. The van der Waals surface area contributed by atoms with E-state index in [2.05, 4.69) is 10.6 Å². The van der Waals surface area contributed by atoms with E-state index in [1.54, 1.807) is 4.90 Å². The summed E-state index contributed by atoms with van der Waals surface area (Å²) >= 11 is 0. The second kappa shape index (κ2) is 11.0. The smallest absolute Gasteiger partial charge is 0.248 e. The molecule has 7 atom stereocenters. The minimum absolute atomic E-state index is 0.0213. The molecule has 2 saturated carbocycles. The highest BCUT2D eigenvalue weighted by molar-refractivity contribution is 5.91. The lowest BCUT2D eigenvalue weighted by atomic mass is 9.90. The van der Waals surface area contributed by atoms with E-state index in [4.69, 9.17) is 4.74 Å². The number of nitrogens with zero attached hydrogens (tertiary/aromatic N) is 3. The number of hydrogen-bond donors (Lipinski definition) is 4. The van der Waals surface area contributed by atoms with Gasteiger partial charge in [0.1, 0.15) is 24.4 Å². The summed E-state index contributed by atoms with van der Waals surface area (Å²) in [7, 11) is 0. The number of fused-ring (bicyclic) bond motifs is 6. The van der Waals surface area contributed by atoms with Gasteiger partial charge in [-0.2, -0.15) is 0 Å². The van der Waals surface area contributed by atoms with Gasteiger partial charge in [-0.25, -0.2) is 8.78 Å². The number of aliphatic hydroxyl groups excluding tert-OH is 2. The number of likely N-dealkylation sites (tertiary alicyclic amines) is 1. The molecule has 0 aromatic carbocycles. The fourth-order valence-electron chi connectivity index (χ4n) is 7.17. The van der Waals surface area contributed by atoms with Crippen LogP contribution in [0.2, 0.25) is 0 Å². The predicted molar refractivity (Wildman–Crippen MR) is 137 cm³/mol. The van der Waals surface area contributed by atoms with E-state index < -0.39 is 60.3 Å². The Kier molecular flexibility index (Phi) is 7.70. The highest BCUT2D eigenvalue weighted by Gasteiger charge is 2.49. The number of piperazine rings is 1. The summed E-state index contributed by atoms with van der Waals surface area (Å²) < 4.78 is 33.7. The summed E-state index contributed by atoms with van der Waals surface area (Å²) in [5.41, 5.74) is 0. The third kappa shape index (κ3) is 5.80. The zero-order valence-electron chi connectivity index (χ0n) is 22.9. The highest BCUT2D eigenvalue weighted by atomic mass is 19.3. The van der Waals surface area contributed by atoms with Crippen LogP contribution in [-0.2, 0) is 23.9 Å². The number of carbonyl (C=O) groups excluding carboxylic acids is 4. The van der Waals surface area contributed by atoms with Gasteiger partial charge in [0.05, 0.1) is 25.1 Å². The molecule has 4 heterocycles. The van der Waals surface area contributed by atoms with Gasteiger partial charge in [-0.1, -0.05) is 0 Å². The fraction of sp³-hybridized carbons (Fsp3) is 0.852. The Morgan fingerprint density at radius 3 is 2.37 bits per heavy atom. The Hall–Kier alpha value is -2.42. The van der Waals surface area contributed by atoms with E-state index in [-0.39, 0.29) is 88.5 Å². The molecule has 4 amide bonds. The molecule has 2 aliphatic carbocycles. The molecule has 6 rings (SSSR count). The van der Waals surface area contributed by atoms with Crippen LogP contribution < -0.4 is 10.6 Å². The molecule has 4 saturated heterocycles. The number of halogens is 2. The quantitative estimate of drug-likeness (QED) is 0.309. The van der Waals surface area contributed by atoms with Crippen LogP contribution in [0.1, 0.15) is 51.4 Å². The Balaban J connectivity index is 1.27. The van der Waals surface area contributed by atoms with Crippen LogP contribution in [0.4, 0.5) is 8.78 Å². The first-order valence-electron chi connectivity index (χ1n) is 14.8. The second-order valence-corrected chi connectivity index (χ2v) is 12.5. The molecule has 228 valence electrons. The molecule has 0 unspecified atom stereocenters. The van der Waals surface area contributed by atoms with Crippen LogP contribution in [0.3, 0.4) is 0 Å². The van der Waals surface area contributed by atoms with E-state index in [0.29, 0.717) is 6.54 Å². The number of nitrogens with one attached hydrogen (secondary N) is 2. The number of alkyl halides is 2. The average Bonchev–Trinajstić information content (AvgIpc) is 3.66. The van der Waals surface area contributed by atoms with Gasteiger partial charge in [-0.3, -0.25) is 24.1 Å². The van der Waals surface area contributed by atoms with E-state index in [9.17, 15) is 38.2 Å². The fourth-order valence-corrected chi connectivity index (χ4v) is 7.17. The highest BCUT2D eigenvalue weighted by Crippen LogP contribution is 2.38. The van der Waals surface area contributed by atoms with Gasteiger partial charge < -0.3 is 35.4 Å². The number of carbonyl (C=O) groups is 4. The summed E-state index contributed by atoms with van der Waals surface area (Å²) in [4.78, 5) is 58.5. The first-order chi connectivity index (χ1) is 19.5. The van der Waals surface area contributed by atoms with E-state index in [1.165, 1.54) is 4.90 Å². The SMILES string of the molecule is O=C1C[C@@H]2O[C@H](CNC(=O)[C@@H]3CN(CCN3C(=O)C3CC3)C(=O)[C@@H]3C[C@@H](CN3C3CCC(F)(F)CC3)N1)[C@@H](O)[C@H]2O. The minimum Gasteiger partial charge on any atom is -0.388 e. The maximum Gasteiger partial charge on any atom is 0.248 e. The number of rotatable bonds is 2. The summed E-state index contributed by atoms with van der Waals surface area (Å²) in [6.45, 7) is 0.569. The second-order valence-electron chi connectivity index (χ2n) is 12.5. The first-order valence-corrected chi connectivity index (χ1v) is 14.8. The number of hydrogen-bond acceptors (Lipinski definition) is 8. The molecular weight excluding hydrogens is 544 g/mol. The molecule has 6 fully saturated rings. The molecule has 14 heteroatoms. The Labute approximate surface area is 236 Å². The molecule has 6 bridgehead atoms. The monoisotopic (exact) mass is 583 g/mol. The van der Waals surface area contributed by atoms with Gasteiger partial charge in [-0.05, 0) is 32.1 Å². The van der Waals surface area contributed by atoms with Crippen LogP contribution >= 0.6 is 0 Å². The third-order valence-corrected chi connectivity index (χ3v) is 9.67. The van der Waals surface area contributed by atoms with Crippen molar-refractivity contribution in [1.82, 2.24) is 25.3 Å². The topological polar surface area (TPSA) is 152 Å². The molecule has 0 radical (unpaired) electrons. The van der Waals surface area contributed by atoms with Gasteiger partial charge in [0.2, 0.25) is 29.6 Å². The molecule has 4 aliphatic heterocycles. The first kappa shape index (κ1) is 28.7. The maximum atomic E-state index is 14.0. The number of ether oxygens (including phenoxy) is 1. The van der Waals surface area contributed by atoms with Crippen molar-refractivity contribution >= 4 is 23.6 Å². The van der Waals surface area contributed by atoms with Crippen molar-refractivity contribution < 1.29 is 42.9 Å². The molecule has 12 nitrogen and oxygen atoms in total. The number of aliphatic hydroxyl groups is 2. The van der Waals surface area contributed by atoms with Crippen molar-refractivity contribution in [2.24, 2.45) is 5.92 Å². The summed E-state index contributed by atoms with van der Waals surface area (Å²) in [5.74, 6) is -4.13. The van der Waals surface area contributed by atoms with Gasteiger partial charge in [-0.15, -0.1) is 0 Å². The van der Waals surface area contributed by atoms with Crippen molar-refractivity contribution in [3.05, 3.63) is 0 Å². The van der Waals surface area contributed by atoms with Crippen molar-refractivity contribution in [3.63, 3.8) is 0 Å². The number of amides is 4. The summed E-state index contributed by atoms with van der Waals surface area (Å²) in [6.07, 6.45) is -3.12. The van der Waals surface area contributed by atoms with Gasteiger partial charge >= 0.3 is 0 Å². The molecule has 0 aromatic heterocycles. The average molecular weight is 584 g/mol.